The normalized spacial score (nSPS) is 14.4. The Balaban J connectivity index is 2.20. The zero-order valence-electron chi connectivity index (χ0n) is 17.8. The van der Waals surface area contributed by atoms with Crippen LogP contribution >= 0.6 is 0 Å². The molecule has 0 fully saturated rings. The second-order valence-corrected chi connectivity index (χ2v) is 8.56. The summed E-state index contributed by atoms with van der Waals surface area (Å²) < 4.78 is 5.30. The summed E-state index contributed by atoms with van der Waals surface area (Å²) in [6, 6.07) is 18.7. The number of carboxylic acids is 1. The summed E-state index contributed by atoms with van der Waals surface area (Å²) in [6.45, 7) is 5.13. The highest BCUT2D eigenvalue weighted by molar-refractivity contribution is 5.85. The number of hydrogen-bond donors (Lipinski definition) is 3. The Morgan fingerprint density at radius 1 is 0.967 bits per heavy atom. The Morgan fingerprint density at radius 2 is 1.50 bits per heavy atom. The fraction of sp³-hybridized carbons (Fsp3) is 0.417. The van der Waals surface area contributed by atoms with Gasteiger partial charge in [-0.2, -0.15) is 0 Å². The van der Waals surface area contributed by atoms with Crippen molar-refractivity contribution in [3.05, 3.63) is 71.8 Å². The standard InChI is InChI=1S/C24H31NO5/c1-23(2,3)30-22(29)25-24(21(27)28,16-19-12-8-5-9-13-19)17-20(26)15-14-18-10-6-4-7-11-18/h4-13,20,26H,14-17H2,1-3H3,(H,25,29)(H,27,28)/t20?,24-/m1/s1. The molecule has 0 aliphatic heterocycles. The Morgan fingerprint density at radius 3 is 2.00 bits per heavy atom. The first-order chi connectivity index (χ1) is 14.1. The van der Waals surface area contributed by atoms with Crippen LogP contribution in [0.2, 0.25) is 0 Å². The molecule has 0 aliphatic rings. The van der Waals surface area contributed by atoms with Gasteiger partial charge in [-0.15, -0.1) is 0 Å². The highest BCUT2D eigenvalue weighted by Gasteiger charge is 2.43. The Hall–Kier alpha value is -2.86. The van der Waals surface area contributed by atoms with Crippen molar-refractivity contribution in [2.24, 2.45) is 0 Å². The molecule has 2 rings (SSSR count). The van der Waals surface area contributed by atoms with Gasteiger partial charge >= 0.3 is 12.1 Å². The van der Waals surface area contributed by atoms with Crippen molar-refractivity contribution in [3.8, 4) is 0 Å². The number of hydrogen-bond acceptors (Lipinski definition) is 4. The Kier molecular flexibility index (Phi) is 8.00. The fourth-order valence-electron chi connectivity index (χ4n) is 3.31. The van der Waals surface area contributed by atoms with Gasteiger partial charge in [-0.25, -0.2) is 9.59 Å². The molecule has 2 aromatic rings. The largest absolute Gasteiger partial charge is 0.479 e. The number of carbonyl (C=O) groups excluding carboxylic acids is 1. The van der Waals surface area contributed by atoms with Crippen LogP contribution in [-0.2, 0) is 22.4 Å². The first kappa shape index (κ1) is 23.4. The van der Waals surface area contributed by atoms with Gasteiger partial charge in [-0.3, -0.25) is 0 Å². The number of aliphatic carboxylic acids is 1. The zero-order valence-corrected chi connectivity index (χ0v) is 17.8. The molecular formula is C24H31NO5. The van der Waals surface area contributed by atoms with E-state index in [0.29, 0.717) is 12.8 Å². The van der Waals surface area contributed by atoms with Crippen molar-refractivity contribution in [2.45, 2.75) is 63.7 Å². The van der Waals surface area contributed by atoms with Crippen LogP contribution in [0.5, 0.6) is 0 Å². The number of nitrogens with one attached hydrogen (secondary N) is 1. The van der Waals surface area contributed by atoms with Gasteiger partial charge < -0.3 is 20.3 Å². The van der Waals surface area contributed by atoms with Gasteiger partial charge in [-0.1, -0.05) is 60.7 Å². The van der Waals surface area contributed by atoms with Crippen molar-refractivity contribution >= 4 is 12.1 Å². The highest BCUT2D eigenvalue weighted by atomic mass is 16.6. The Labute approximate surface area is 177 Å². The third-order valence-corrected chi connectivity index (χ3v) is 4.69. The average molecular weight is 414 g/mol. The van der Waals surface area contributed by atoms with Crippen LogP contribution in [0.1, 0.15) is 44.7 Å². The number of aliphatic hydroxyl groups excluding tert-OH is 1. The van der Waals surface area contributed by atoms with E-state index < -0.39 is 29.3 Å². The maximum atomic E-state index is 12.5. The summed E-state index contributed by atoms with van der Waals surface area (Å²) in [4.78, 5) is 24.8. The summed E-state index contributed by atoms with van der Waals surface area (Å²) in [6.07, 6.45) is -0.857. The lowest BCUT2D eigenvalue weighted by atomic mass is 9.84. The van der Waals surface area contributed by atoms with E-state index in [1.54, 1.807) is 45.0 Å². The molecular weight excluding hydrogens is 382 g/mol. The number of aryl methyl sites for hydroxylation is 1. The molecule has 3 N–H and O–H groups in total. The lowest BCUT2D eigenvalue weighted by molar-refractivity contribution is -0.146. The minimum atomic E-state index is -1.69. The number of carboxylic acid groups (broad SMARTS) is 1. The van der Waals surface area contributed by atoms with Crippen LogP contribution in [0.25, 0.3) is 0 Å². The van der Waals surface area contributed by atoms with E-state index in [4.69, 9.17) is 4.74 Å². The topological polar surface area (TPSA) is 95.9 Å². The molecule has 0 saturated carbocycles. The van der Waals surface area contributed by atoms with Crippen LogP contribution in [-0.4, -0.2) is 39.5 Å². The third kappa shape index (κ3) is 7.52. The molecule has 162 valence electrons. The van der Waals surface area contributed by atoms with Gasteiger partial charge in [0.05, 0.1) is 6.10 Å². The smallest absolute Gasteiger partial charge is 0.408 e. The van der Waals surface area contributed by atoms with Crippen molar-refractivity contribution in [1.29, 1.82) is 0 Å². The molecule has 6 heteroatoms. The van der Waals surface area contributed by atoms with Gasteiger partial charge in [0.2, 0.25) is 0 Å². The van der Waals surface area contributed by atoms with Crippen molar-refractivity contribution in [1.82, 2.24) is 5.32 Å². The summed E-state index contributed by atoms with van der Waals surface area (Å²) in [5, 5.41) is 23.3. The predicted octanol–water partition coefficient (Wildman–Crippen LogP) is 3.96. The van der Waals surface area contributed by atoms with Crippen LogP contribution in [0, 0.1) is 0 Å². The van der Waals surface area contributed by atoms with Crippen LogP contribution in [0.4, 0.5) is 4.79 Å². The number of aliphatic hydroxyl groups is 1. The minimum absolute atomic E-state index is 0.0326. The maximum Gasteiger partial charge on any atom is 0.408 e. The van der Waals surface area contributed by atoms with Gasteiger partial charge in [0.1, 0.15) is 11.1 Å². The second-order valence-electron chi connectivity index (χ2n) is 8.56. The van der Waals surface area contributed by atoms with Crippen LogP contribution < -0.4 is 5.32 Å². The molecule has 1 unspecified atom stereocenters. The van der Waals surface area contributed by atoms with E-state index >= 15 is 0 Å². The van der Waals surface area contributed by atoms with Gasteiger partial charge in [0.25, 0.3) is 0 Å². The summed E-state index contributed by atoms with van der Waals surface area (Å²) in [7, 11) is 0. The minimum Gasteiger partial charge on any atom is -0.479 e. The number of ether oxygens (including phenoxy) is 1. The van der Waals surface area contributed by atoms with E-state index in [0.717, 1.165) is 11.1 Å². The average Bonchev–Trinajstić information content (AvgIpc) is 2.66. The van der Waals surface area contributed by atoms with Crippen LogP contribution in [0.3, 0.4) is 0 Å². The van der Waals surface area contributed by atoms with Crippen molar-refractivity contribution < 1.29 is 24.5 Å². The number of amides is 1. The summed E-state index contributed by atoms with van der Waals surface area (Å²) in [5.41, 5.74) is -0.667. The second kappa shape index (κ2) is 10.3. The maximum absolute atomic E-state index is 12.5. The summed E-state index contributed by atoms with van der Waals surface area (Å²) >= 11 is 0. The molecule has 0 bridgehead atoms. The molecule has 0 heterocycles. The first-order valence-electron chi connectivity index (χ1n) is 10.1. The number of rotatable bonds is 9. The molecule has 0 saturated heterocycles. The quantitative estimate of drug-likeness (QED) is 0.578. The number of benzene rings is 2. The molecule has 0 aromatic heterocycles. The SMILES string of the molecule is CC(C)(C)OC(=O)N[C@](Cc1ccccc1)(CC(O)CCc1ccccc1)C(=O)O. The molecule has 0 radical (unpaired) electrons. The predicted molar refractivity (Wildman–Crippen MR) is 115 cm³/mol. The summed E-state index contributed by atoms with van der Waals surface area (Å²) in [5.74, 6) is -1.21. The molecule has 0 aliphatic carbocycles. The van der Waals surface area contributed by atoms with Gasteiger partial charge in [0.15, 0.2) is 0 Å². The molecule has 6 nitrogen and oxygen atoms in total. The molecule has 1 amide bonds. The highest BCUT2D eigenvalue weighted by Crippen LogP contribution is 2.24. The Bertz CT molecular complexity index is 816. The lowest BCUT2D eigenvalue weighted by Crippen LogP contribution is -2.58. The molecule has 30 heavy (non-hydrogen) atoms. The first-order valence-corrected chi connectivity index (χ1v) is 10.1. The number of carbonyl (C=O) groups is 2. The van der Waals surface area contributed by atoms with Crippen molar-refractivity contribution in [3.63, 3.8) is 0 Å². The van der Waals surface area contributed by atoms with E-state index in [1.807, 2.05) is 36.4 Å². The molecule has 2 atom stereocenters. The van der Waals surface area contributed by atoms with Gasteiger partial charge in [0, 0.05) is 12.8 Å². The van der Waals surface area contributed by atoms with Crippen LogP contribution in [0.15, 0.2) is 60.7 Å². The van der Waals surface area contributed by atoms with Crippen molar-refractivity contribution in [2.75, 3.05) is 0 Å². The zero-order chi connectivity index (χ0) is 22.2. The van der Waals surface area contributed by atoms with E-state index in [1.165, 1.54) is 0 Å². The monoisotopic (exact) mass is 413 g/mol. The third-order valence-electron chi connectivity index (χ3n) is 4.69. The van der Waals surface area contributed by atoms with Gasteiger partial charge in [-0.05, 0) is 44.7 Å². The van der Waals surface area contributed by atoms with E-state index in [2.05, 4.69) is 5.32 Å². The molecule has 0 spiro atoms. The molecule has 2 aromatic carbocycles. The van der Waals surface area contributed by atoms with E-state index in [-0.39, 0.29) is 12.8 Å². The lowest BCUT2D eigenvalue weighted by Gasteiger charge is -2.33. The fourth-order valence-corrected chi connectivity index (χ4v) is 3.31. The number of alkyl carbamates (subject to hydrolysis) is 1. The van der Waals surface area contributed by atoms with E-state index in [9.17, 15) is 19.8 Å².